The number of hydrogen-bond acceptors (Lipinski definition) is 3. The van der Waals surface area contributed by atoms with E-state index in [0.717, 1.165) is 0 Å². The van der Waals surface area contributed by atoms with Gasteiger partial charge in [0.05, 0.1) is 5.92 Å². The normalized spacial score (nSPS) is 18.3. The summed E-state index contributed by atoms with van der Waals surface area (Å²) in [7, 11) is 0. The molecule has 1 aliphatic rings. The highest BCUT2D eigenvalue weighted by molar-refractivity contribution is 5.80. The zero-order valence-corrected chi connectivity index (χ0v) is 13.3. The van der Waals surface area contributed by atoms with Gasteiger partial charge in [0.2, 0.25) is 0 Å². The minimum atomic E-state index is -0.839. The van der Waals surface area contributed by atoms with Crippen molar-refractivity contribution in [3.05, 3.63) is 29.8 Å². The summed E-state index contributed by atoms with van der Waals surface area (Å²) in [4.78, 5) is 24.5. The lowest BCUT2D eigenvalue weighted by Crippen LogP contribution is -2.33. The highest BCUT2D eigenvalue weighted by Crippen LogP contribution is 2.24. The molecule has 1 heterocycles. The quantitative estimate of drug-likeness (QED) is 0.927. The van der Waals surface area contributed by atoms with E-state index < -0.39 is 11.9 Å². The molecule has 0 spiro atoms. The minimum Gasteiger partial charge on any atom is -0.484 e. The molecule has 120 valence electrons. The zero-order valence-electron chi connectivity index (χ0n) is 13.3. The molecule has 1 fully saturated rings. The highest BCUT2D eigenvalue weighted by Gasteiger charge is 2.30. The average Bonchev–Trinajstić information content (AvgIpc) is 2.94. The number of carboxylic acid groups (broad SMARTS) is 1. The summed E-state index contributed by atoms with van der Waals surface area (Å²) in [5, 5.41) is 8.94. The number of nitrogens with zero attached hydrogens (tertiary/aromatic N) is 1. The second-order valence-corrected chi connectivity index (χ2v) is 6.73. The van der Waals surface area contributed by atoms with Crippen molar-refractivity contribution in [3.63, 3.8) is 0 Å². The van der Waals surface area contributed by atoms with Gasteiger partial charge in [-0.3, -0.25) is 9.59 Å². The smallest absolute Gasteiger partial charge is 0.308 e. The summed E-state index contributed by atoms with van der Waals surface area (Å²) in [5.41, 5.74) is 1.28. The number of likely N-dealkylation sites (tertiary alicyclic amines) is 1. The van der Waals surface area contributed by atoms with Crippen LogP contribution in [0.3, 0.4) is 0 Å². The number of carboxylic acids is 1. The summed E-state index contributed by atoms with van der Waals surface area (Å²) in [5.74, 6) is -0.803. The highest BCUT2D eigenvalue weighted by atomic mass is 16.5. The third-order valence-electron chi connectivity index (χ3n) is 3.97. The predicted octanol–water partition coefficient (Wildman–Crippen LogP) is 2.30. The van der Waals surface area contributed by atoms with E-state index in [4.69, 9.17) is 9.84 Å². The van der Waals surface area contributed by atoms with Gasteiger partial charge < -0.3 is 14.7 Å². The van der Waals surface area contributed by atoms with Crippen LogP contribution in [-0.2, 0) is 15.0 Å². The lowest BCUT2D eigenvalue weighted by molar-refractivity contribution is -0.141. The van der Waals surface area contributed by atoms with Crippen LogP contribution < -0.4 is 4.74 Å². The van der Waals surface area contributed by atoms with Gasteiger partial charge in [-0.1, -0.05) is 32.9 Å². The maximum Gasteiger partial charge on any atom is 0.308 e. The van der Waals surface area contributed by atoms with E-state index in [1.54, 1.807) is 4.90 Å². The van der Waals surface area contributed by atoms with Crippen LogP contribution >= 0.6 is 0 Å². The van der Waals surface area contributed by atoms with Crippen molar-refractivity contribution in [1.29, 1.82) is 0 Å². The molecule has 1 unspecified atom stereocenters. The van der Waals surface area contributed by atoms with Gasteiger partial charge >= 0.3 is 5.97 Å². The first-order valence-corrected chi connectivity index (χ1v) is 7.51. The molecule has 5 heteroatoms. The van der Waals surface area contributed by atoms with Crippen LogP contribution in [0.1, 0.15) is 32.8 Å². The SMILES string of the molecule is CC(C)(C)c1ccc(OCC(=O)N2CCC(C(=O)O)C2)cc1. The van der Waals surface area contributed by atoms with Crippen LogP contribution in [-0.4, -0.2) is 41.6 Å². The monoisotopic (exact) mass is 305 g/mol. The van der Waals surface area contributed by atoms with E-state index in [2.05, 4.69) is 20.8 Å². The molecule has 1 atom stereocenters. The van der Waals surface area contributed by atoms with Crippen molar-refractivity contribution in [2.75, 3.05) is 19.7 Å². The number of benzene rings is 1. The molecule has 0 aromatic heterocycles. The molecular weight excluding hydrogens is 282 g/mol. The molecule has 1 aromatic rings. The van der Waals surface area contributed by atoms with Crippen molar-refractivity contribution in [1.82, 2.24) is 4.90 Å². The van der Waals surface area contributed by atoms with Crippen LogP contribution in [0, 0.1) is 5.92 Å². The topological polar surface area (TPSA) is 66.8 Å². The van der Waals surface area contributed by atoms with E-state index in [1.165, 1.54) is 5.56 Å². The fourth-order valence-corrected chi connectivity index (χ4v) is 2.48. The number of rotatable bonds is 4. The Labute approximate surface area is 130 Å². The lowest BCUT2D eigenvalue weighted by atomic mass is 9.87. The lowest BCUT2D eigenvalue weighted by Gasteiger charge is -2.19. The molecule has 1 aliphatic heterocycles. The van der Waals surface area contributed by atoms with E-state index >= 15 is 0 Å². The maximum atomic E-state index is 12.0. The van der Waals surface area contributed by atoms with Crippen molar-refractivity contribution >= 4 is 11.9 Å². The van der Waals surface area contributed by atoms with E-state index in [0.29, 0.717) is 18.7 Å². The van der Waals surface area contributed by atoms with Crippen LogP contribution in [0.15, 0.2) is 24.3 Å². The third-order valence-corrected chi connectivity index (χ3v) is 3.97. The number of hydrogen-bond donors (Lipinski definition) is 1. The zero-order chi connectivity index (χ0) is 16.3. The van der Waals surface area contributed by atoms with Crippen LogP contribution in [0.5, 0.6) is 5.75 Å². The van der Waals surface area contributed by atoms with Gasteiger partial charge in [-0.25, -0.2) is 0 Å². The first-order valence-electron chi connectivity index (χ1n) is 7.51. The molecule has 22 heavy (non-hydrogen) atoms. The van der Waals surface area contributed by atoms with Gasteiger partial charge in [0, 0.05) is 13.1 Å². The van der Waals surface area contributed by atoms with Gasteiger partial charge in [-0.2, -0.15) is 0 Å². The number of aliphatic carboxylic acids is 1. The minimum absolute atomic E-state index is 0.0544. The molecule has 1 saturated heterocycles. The summed E-state index contributed by atoms with van der Waals surface area (Å²) in [6.45, 7) is 7.12. The van der Waals surface area contributed by atoms with Crippen LogP contribution in [0.4, 0.5) is 0 Å². The Morgan fingerprint density at radius 2 is 1.91 bits per heavy atom. The maximum absolute atomic E-state index is 12.0. The number of ether oxygens (including phenoxy) is 1. The number of carbonyl (C=O) groups excluding carboxylic acids is 1. The van der Waals surface area contributed by atoms with E-state index in [-0.39, 0.29) is 24.5 Å². The first kappa shape index (κ1) is 16.3. The molecule has 0 saturated carbocycles. The predicted molar refractivity (Wildman–Crippen MR) is 83.0 cm³/mol. The van der Waals surface area contributed by atoms with Gasteiger partial charge in [-0.05, 0) is 29.5 Å². The van der Waals surface area contributed by atoms with Crippen molar-refractivity contribution in [2.45, 2.75) is 32.6 Å². The Morgan fingerprint density at radius 1 is 1.27 bits per heavy atom. The molecule has 1 aromatic carbocycles. The summed E-state index contributed by atoms with van der Waals surface area (Å²) in [6, 6.07) is 7.71. The molecule has 0 bridgehead atoms. The van der Waals surface area contributed by atoms with Gasteiger partial charge in [0.1, 0.15) is 5.75 Å². The number of amides is 1. The summed E-state index contributed by atoms with van der Waals surface area (Å²) in [6.07, 6.45) is 0.515. The molecule has 0 radical (unpaired) electrons. The molecular formula is C17H23NO4. The first-order chi connectivity index (χ1) is 10.3. The molecule has 0 aliphatic carbocycles. The van der Waals surface area contributed by atoms with Gasteiger partial charge in [-0.15, -0.1) is 0 Å². The molecule has 2 rings (SSSR count). The Hall–Kier alpha value is -2.04. The van der Waals surface area contributed by atoms with Gasteiger partial charge in [0.15, 0.2) is 6.61 Å². The van der Waals surface area contributed by atoms with E-state index in [1.807, 2.05) is 24.3 Å². The van der Waals surface area contributed by atoms with Crippen molar-refractivity contribution in [3.8, 4) is 5.75 Å². The Kier molecular flexibility index (Phi) is 4.74. The van der Waals surface area contributed by atoms with E-state index in [9.17, 15) is 9.59 Å². The Morgan fingerprint density at radius 3 is 2.41 bits per heavy atom. The average molecular weight is 305 g/mol. The van der Waals surface area contributed by atoms with Crippen LogP contribution in [0.2, 0.25) is 0 Å². The van der Waals surface area contributed by atoms with Crippen molar-refractivity contribution in [2.24, 2.45) is 5.92 Å². The second-order valence-electron chi connectivity index (χ2n) is 6.73. The third kappa shape index (κ3) is 4.00. The fourth-order valence-electron chi connectivity index (χ4n) is 2.48. The fraction of sp³-hybridized carbons (Fsp3) is 0.529. The Balaban J connectivity index is 1.85. The summed E-state index contributed by atoms with van der Waals surface area (Å²) < 4.78 is 5.50. The van der Waals surface area contributed by atoms with Gasteiger partial charge in [0.25, 0.3) is 5.91 Å². The second kappa shape index (κ2) is 6.38. The largest absolute Gasteiger partial charge is 0.484 e. The molecule has 5 nitrogen and oxygen atoms in total. The molecule has 1 N–H and O–H groups in total. The summed E-state index contributed by atoms with van der Waals surface area (Å²) >= 11 is 0. The van der Waals surface area contributed by atoms with Crippen molar-refractivity contribution < 1.29 is 19.4 Å². The number of carbonyl (C=O) groups is 2. The Bertz CT molecular complexity index is 545. The molecule has 1 amide bonds. The van der Waals surface area contributed by atoms with Crippen LogP contribution in [0.25, 0.3) is 0 Å². The standard InChI is InChI=1S/C17H23NO4/c1-17(2,3)13-4-6-14(7-5-13)22-11-15(19)18-9-8-12(10-18)16(20)21/h4-7,12H,8-11H2,1-3H3,(H,20,21).